The van der Waals surface area contributed by atoms with Crippen LogP contribution in [0.3, 0.4) is 0 Å². The van der Waals surface area contributed by atoms with E-state index >= 15 is 0 Å². The molecule has 0 saturated carbocycles. The summed E-state index contributed by atoms with van der Waals surface area (Å²) in [5, 5.41) is 0. The predicted octanol–water partition coefficient (Wildman–Crippen LogP) is 2.95. The molecule has 2 aromatic rings. The number of likely N-dealkylation sites (N-methyl/N-ethyl adjacent to an activating group) is 1. The lowest BCUT2D eigenvalue weighted by Crippen LogP contribution is -2.34. The van der Waals surface area contributed by atoms with E-state index in [0.717, 1.165) is 21.1 Å². The van der Waals surface area contributed by atoms with Crippen LogP contribution in [0.4, 0.5) is 0 Å². The number of hydrogen-bond acceptors (Lipinski definition) is 5. The average Bonchev–Trinajstić information content (AvgIpc) is 2.86. The van der Waals surface area contributed by atoms with E-state index in [1.165, 1.54) is 11.3 Å². The van der Waals surface area contributed by atoms with Gasteiger partial charge in [-0.25, -0.2) is 13.1 Å². The number of hydrogen-bond donors (Lipinski definition) is 1. The molecule has 0 aliphatic carbocycles. The zero-order chi connectivity index (χ0) is 17.9. The highest BCUT2D eigenvalue weighted by Crippen LogP contribution is 2.26. The van der Waals surface area contributed by atoms with Gasteiger partial charge in [-0.2, -0.15) is 0 Å². The van der Waals surface area contributed by atoms with Crippen LogP contribution >= 0.6 is 11.3 Å². The standard InChI is InChI=1S/C17H24N2O3S2/c1-12-9-17(13(2)23-12)24(20,21)18-11-16(19(3)4)14-7-6-8-15(10-14)22-5/h6-10,16,18H,11H2,1-5H3. The minimum atomic E-state index is -3.52. The third-order valence-corrected chi connectivity index (χ3v) is 6.50. The van der Waals surface area contributed by atoms with Crippen molar-refractivity contribution in [1.82, 2.24) is 9.62 Å². The normalized spacial score (nSPS) is 13.2. The molecule has 0 fully saturated rings. The van der Waals surface area contributed by atoms with E-state index in [-0.39, 0.29) is 12.6 Å². The molecule has 1 heterocycles. The first-order valence-electron chi connectivity index (χ1n) is 7.61. The van der Waals surface area contributed by atoms with Gasteiger partial charge in [-0.15, -0.1) is 11.3 Å². The number of rotatable bonds is 7. The number of aryl methyl sites for hydroxylation is 2. The predicted molar refractivity (Wildman–Crippen MR) is 98.4 cm³/mol. The highest BCUT2D eigenvalue weighted by atomic mass is 32.2. The van der Waals surface area contributed by atoms with Crippen LogP contribution in [-0.4, -0.2) is 41.1 Å². The maximum atomic E-state index is 12.6. The number of nitrogens with zero attached hydrogens (tertiary/aromatic N) is 1. The Morgan fingerprint density at radius 2 is 1.96 bits per heavy atom. The Morgan fingerprint density at radius 3 is 2.50 bits per heavy atom. The Bertz CT molecular complexity index is 798. The Morgan fingerprint density at radius 1 is 1.25 bits per heavy atom. The van der Waals surface area contributed by atoms with Crippen molar-refractivity contribution in [3.05, 3.63) is 45.6 Å². The van der Waals surface area contributed by atoms with Crippen molar-refractivity contribution < 1.29 is 13.2 Å². The van der Waals surface area contributed by atoms with Crippen molar-refractivity contribution >= 4 is 21.4 Å². The first-order chi connectivity index (χ1) is 11.2. The van der Waals surface area contributed by atoms with Crippen molar-refractivity contribution in [2.45, 2.75) is 24.8 Å². The molecule has 0 spiro atoms. The molecule has 0 bridgehead atoms. The summed E-state index contributed by atoms with van der Waals surface area (Å²) in [5.74, 6) is 0.756. The van der Waals surface area contributed by atoms with Crippen molar-refractivity contribution in [1.29, 1.82) is 0 Å². The molecule has 1 N–H and O–H groups in total. The molecule has 5 nitrogen and oxygen atoms in total. The van der Waals surface area contributed by atoms with Crippen molar-refractivity contribution in [2.75, 3.05) is 27.7 Å². The van der Waals surface area contributed by atoms with Crippen LogP contribution in [0.25, 0.3) is 0 Å². The number of sulfonamides is 1. The van der Waals surface area contributed by atoms with Crippen LogP contribution in [0.5, 0.6) is 5.75 Å². The summed E-state index contributed by atoms with van der Waals surface area (Å²) in [6.07, 6.45) is 0. The van der Waals surface area contributed by atoms with E-state index in [1.807, 2.05) is 57.1 Å². The summed E-state index contributed by atoms with van der Waals surface area (Å²) >= 11 is 1.49. The van der Waals surface area contributed by atoms with E-state index in [2.05, 4.69) is 4.72 Å². The molecule has 1 aromatic heterocycles. The number of nitrogens with one attached hydrogen (secondary N) is 1. The molecule has 24 heavy (non-hydrogen) atoms. The molecule has 132 valence electrons. The highest BCUT2D eigenvalue weighted by Gasteiger charge is 2.22. The fourth-order valence-corrected chi connectivity index (χ4v) is 5.18. The molecule has 0 aliphatic heterocycles. The van der Waals surface area contributed by atoms with Gasteiger partial charge in [0.1, 0.15) is 5.75 Å². The van der Waals surface area contributed by atoms with Gasteiger partial charge in [-0.1, -0.05) is 12.1 Å². The number of thiophene rings is 1. The van der Waals surface area contributed by atoms with Gasteiger partial charge in [0, 0.05) is 22.3 Å². The summed E-state index contributed by atoms with van der Waals surface area (Å²) in [7, 11) is 1.96. The summed E-state index contributed by atoms with van der Waals surface area (Å²) < 4.78 is 33.2. The van der Waals surface area contributed by atoms with Gasteiger partial charge in [0.25, 0.3) is 0 Å². The molecule has 1 aromatic carbocycles. The lowest BCUT2D eigenvalue weighted by molar-refractivity contribution is 0.298. The second kappa shape index (κ2) is 7.65. The van der Waals surface area contributed by atoms with Gasteiger partial charge >= 0.3 is 0 Å². The monoisotopic (exact) mass is 368 g/mol. The number of ether oxygens (including phenoxy) is 1. The van der Waals surface area contributed by atoms with E-state index < -0.39 is 10.0 Å². The zero-order valence-electron chi connectivity index (χ0n) is 14.7. The molecular weight excluding hydrogens is 344 g/mol. The zero-order valence-corrected chi connectivity index (χ0v) is 16.3. The Labute approximate surface area is 148 Å². The Kier molecular flexibility index (Phi) is 6.03. The lowest BCUT2D eigenvalue weighted by atomic mass is 10.1. The minimum Gasteiger partial charge on any atom is -0.497 e. The van der Waals surface area contributed by atoms with Gasteiger partial charge in [-0.3, -0.25) is 0 Å². The fourth-order valence-electron chi connectivity index (χ4n) is 2.59. The second-order valence-electron chi connectivity index (χ2n) is 5.89. The molecule has 0 aliphatic rings. The lowest BCUT2D eigenvalue weighted by Gasteiger charge is -2.25. The molecule has 0 amide bonds. The van der Waals surface area contributed by atoms with Crippen LogP contribution < -0.4 is 9.46 Å². The van der Waals surface area contributed by atoms with E-state index in [1.54, 1.807) is 13.2 Å². The summed E-state index contributed by atoms with van der Waals surface area (Å²) in [6.45, 7) is 4.03. The Balaban J connectivity index is 2.21. The highest BCUT2D eigenvalue weighted by molar-refractivity contribution is 7.89. The summed E-state index contributed by atoms with van der Waals surface area (Å²) in [5.41, 5.74) is 1.00. The maximum Gasteiger partial charge on any atom is 0.241 e. The van der Waals surface area contributed by atoms with Gasteiger partial charge in [0.05, 0.1) is 12.0 Å². The summed E-state index contributed by atoms with van der Waals surface area (Å²) in [4.78, 5) is 4.16. The molecule has 1 atom stereocenters. The molecule has 7 heteroatoms. The first-order valence-corrected chi connectivity index (χ1v) is 9.91. The molecule has 0 saturated heterocycles. The van der Waals surface area contributed by atoms with Crippen molar-refractivity contribution in [3.63, 3.8) is 0 Å². The van der Waals surface area contributed by atoms with Crippen LogP contribution in [0, 0.1) is 13.8 Å². The number of benzene rings is 1. The molecule has 0 radical (unpaired) electrons. The molecular formula is C17H24N2O3S2. The quantitative estimate of drug-likeness (QED) is 0.816. The third kappa shape index (κ3) is 4.36. The SMILES string of the molecule is COc1cccc(C(CNS(=O)(=O)c2cc(C)sc2C)N(C)C)c1. The number of methoxy groups -OCH3 is 1. The average molecular weight is 369 g/mol. The topological polar surface area (TPSA) is 58.6 Å². The fraction of sp³-hybridized carbons (Fsp3) is 0.412. The maximum absolute atomic E-state index is 12.6. The van der Waals surface area contributed by atoms with Crippen LogP contribution in [0.1, 0.15) is 21.4 Å². The van der Waals surface area contributed by atoms with E-state index in [9.17, 15) is 8.42 Å². The molecule has 2 rings (SSSR count). The largest absolute Gasteiger partial charge is 0.497 e. The van der Waals surface area contributed by atoms with Crippen molar-refractivity contribution in [2.24, 2.45) is 0 Å². The van der Waals surface area contributed by atoms with Crippen LogP contribution in [-0.2, 0) is 10.0 Å². The van der Waals surface area contributed by atoms with Gasteiger partial charge < -0.3 is 9.64 Å². The smallest absolute Gasteiger partial charge is 0.241 e. The van der Waals surface area contributed by atoms with E-state index in [0.29, 0.717) is 4.90 Å². The van der Waals surface area contributed by atoms with Gasteiger partial charge in [-0.05, 0) is 51.7 Å². The van der Waals surface area contributed by atoms with Crippen molar-refractivity contribution in [3.8, 4) is 5.75 Å². The van der Waals surface area contributed by atoms with E-state index in [4.69, 9.17) is 4.74 Å². The van der Waals surface area contributed by atoms with Gasteiger partial charge in [0.2, 0.25) is 10.0 Å². The van der Waals surface area contributed by atoms with Crippen LogP contribution in [0.15, 0.2) is 35.2 Å². The Hall–Kier alpha value is -1.41. The third-order valence-electron chi connectivity index (χ3n) is 3.85. The van der Waals surface area contributed by atoms with Gasteiger partial charge in [0.15, 0.2) is 0 Å². The van der Waals surface area contributed by atoms with Crippen LogP contribution in [0.2, 0.25) is 0 Å². The summed E-state index contributed by atoms with van der Waals surface area (Å²) in [6, 6.07) is 9.32. The first kappa shape index (κ1) is 18.9. The molecule has 1 unspecified atom stereocenters. The minimum absolute atomic E-state index is 0.0880. The second-order valence-corrected chi connectivity index (χ2v) is 9.08.